The number of nitrogens with zero attached hydrogens (tertiary/aromatic N) is 2. The van der Waals surface area contributed by atoms with E-state index in [0.717, 1.165) is 32.0 Å². The van der Waals surface area contributed by atoms with E-state index >= 15 is 0 Å². The Balaban J connectivity index is 1.17. The molecule has 0 aliphatic heterocycles. The number of hydrogen-bond acceptors (Lipinski definition) is 4. The summed E-state index contributed by atoms with van der Waals surface area (Å²) in [7, 11) is 0. The van der Waals surface area contributed by atoms with Crippen LogP contribution in [-0.2, 0) is 20.4 Å². The summed E-state index contributed by atoms with van der Waals surface area (Å²) in [5.74, 6) is -1.23. The molecule has 2 aliphatic carbocycles. The van der Waals surface area contributed by atoms with Crippen molar-refractivity contribution in [2.75, 3.05) is 11.4 Å². The average molecular weight is 742 g/mol. The van der Waals surface area contributed by atoms with Crippen LogP contribution in [0.25, 0.3) is 43.3 Å². The highest BCUT2D eigenvalue weighted by molar-refractivity contribution is 7.19. The molecule has 2 aliphatic rings. The summed E-state index contributed by atoms with van der Waals surface area (Å²) in [6.45, 7) is 17.4. The number of aliphatic carboxylic acids is 1. The third-order valence-electron chi connectivity index (χ3n) is 11.4. The largest absolute Gasteiger partial charge is 0.481 e. The molecule has 0 unspecified atom stereocenters. The predicted octanol–water partition coefficient (Wildman–Crippen LogP) is 12.0. The number of hydrogen-bond donors (Lipinski definition) is 2. The molecule has 6 nitrogen and oxygen atoms in total. The minimum absolute atomic E-state index is 0.0300. The third kappa shape index (κ3) is 6.41. The summed E-state index contributed by atoms with van der Waals surface area (Å²) in [6, 6.07) is 39.8. The van der Waals surface area contributed by atoms with Crippen LogP contribution in [0.2, 0.25) is 0 Å². The zero-order chi connectivity index (χ0) is 38.5. The molecule has 0 spiro atoms. The van der Waals surface area contributed by atoms with Gasteiger partial charge in [0.05, 0.1) is 6.57 Å². The Morgan fingerprint density at radius 3 is 1.84 bits per heavy atom. The Morgan fingerprint density at radius 2 is 1.25 bits per heavy atom. The molecular weight excluding hydrogens is 699 g/mol. The van der Waals surface area contributed by atoms with Crippen LogP contribution in [0.5, 0.6) is 0 Å². The number of rotatable bonds is 11. The molecule has 274 valence electrons. The van der Waals surface area contributed by atoms with Gasteiger partial charge in [0.1, 0.15) is 0 Å². The lowest BCUT2D eigenvalue weighted by molar-refractivity contribution is -0.137. The van der Waals surface area contributed by atoms with E-state index in [-0.39, 0.29) is 22.9 Å². The molecule has 2 N–H and O–H groups in total. The van der Waals surface area contributed by atoms with Crippen LogP contribution < -0.4 is 10.2 Å². The number of amides is 1. The second kappa shape index (κ2) is 14.0. The second-order valence-electron chi connectivity index (χ2n) is 15.6. The summed E-state index contributed by atoms with van der Waals surface area (Å²) >= 11 is 1.55. The normalized spacial score (nSPS) is 14.4. The van der Waals surface area contributed by atoms with E-state index in [1.807, 2.05) is 0 Å². The topological polar surface area (TPSA) is 74.0 Å². The quantitative estimate of drug-likeness (QED) is 0.0788. The lowest BCUT2D eigenvalue weighted by Crippen LogP contribution is -2.25. The first-order valence-electron chi connectivity index (χ1n) is 18.9. The van der Waals surface area contributed by atoms with Gasteiger partial charge in [-0.3, -0.25) is 9.59 Å². The zero-order valence-electron chi connectivity index (χ0n) is 31.6. The molecule has 0 saturated heterocycles. The number of unbranched alkanes of at least 4 members (excludes halogenated alkanes) is 2. The van der Waals surface area contributed by atoms with E-state index in [2.05, 4.69) is 152 Å². The molecule has 1 heterocycles. The van der Waals surface area contributed by atoms with Crippen molar-refractivity contribution in [2.45, 2.75) is 64.2 Å². The van der Waals surface area contributed by atoms with E-state index in [0.29, 0.717) is 25.8 Å². The highest BCUT2D eigenvalue weighted by atomic mass is 32.1. The maximum atomic E-state index is 12.9. The third-order valence-corrected chi connectivity index (χ3v) is 12.5. The van der Waals surface area contributed by atoms with Gasteiger partial charge in [0.2, 0.25) is 5.91 Å². The highest BCUT2D eigenvalue weighted by Crippen LogP contribution is 2.53. The Kier molecular flexibility index (Phi) is 9.19. The van der Waals surface area contributed by atoms with Gasteiger partial charge in [0.15, 0.2) is 0 Å². The number of carbonyl (C=O) groups excluding carboxylic acids is 1. The van der Waals surface area contributed by atoms with Crippen molar-refractivity contribution in [2.24, 2.45) is 0 Å². The first kappa shape index (κ1) is 36.0. The SMILES string of the molecule is [C-]#[N+]/C(=C\c1cc2cc(N(c3ccc4c(c3)C(C)(C)c3ccccc3-4)c3ccc4c(c3)C(C)(C)c3ccccc3-4)ccc2s1)C(=O)NCCCCCC(=O)O. The molecule has 6 aromatic rings. The fourth-order valence-electron chi connectivity index (χ4n) is 8.53. The molecule has 0 atom stereocenters. The molecule has 5 aromatic carbocycles. The Morgan fingerprint density at radius 1 is 0.709 bits per heavy atom. The van der Waals surface area contributed by atoms with Crippen molar-refractivity contribution < 1.29 is 14.7 Å². The van der Waals surface area contributed by atoms with Gasteiger partial charge < -0.3 is 15.3 Å². The van der Waals surface area contributed by atoms with Gasteiger partial charge in [-0.1, -0.05) is 94.8 Å². The summed E-state index contributed by atoms with van der Waals surface area (Å²) in [5, 5.41) is 12.7. The molecule has 0 fully saturated rings. The molecule has 7 heteroatoms. The summed E-state index contributed by atoms with van der Waals surface area (Å²) < 4.78 is 1.06. The van der Waals surface area contributed by atoms with Crippen LogP contribution in [-0.4, -0.2) is 23.5 Å². The van der Waals surface area contributed by atoms with Crippen molar-refractivity contribution in [3.8, 4) is 22.3 Å². The first-order valence-corrected chi connectivity index (χ1v) is 19.7. The molecule has 0 saturated carbocycles. The van der Waals surface area contributed by atoms with Crippen LogP contribution in [0.4, 0.5) is 17.1 Å². The molecule has 8 rings (SSSR count). The van der Waals surface area contributed by atoms with Gasteiger partial charge in [-0.15, -0.1) is 11.3 Å². The number of benzene rings is 5. The molecule has 1 amide bonds. The number of carboxylic acid groups (broad SMARTS) is 1. The smallest absolute Gasteiger partial charge is 0.303 e. The number of fused-ring (bicyclic) bond motifs is 7. The zero-order valence-corrected chi connectivity index (χ0v) is 32.4. The van der Waals surface area contributed by atoms with Crippen molar-refractivity contribution >= 4 is 56.4 Å². The van der Waals surface area contributed by atoms with Crippen molar-refractivity contribution in [1.82, 2.24) is 5.32 Å². The van der Waals surface area contributed by atoms with Crippen LogP contribution in [0.3, 0.4) is 0 Å². The van der Waals surface area contributed by atoms with Crippen molar-refractivity contribution in [1.29, 1.82) is 0 Å². The number of anilines is 3. The van der Waals surface area contributed by atoms with Gasteiger partial charge in [0, 0.05) is 50.4 Å². The molecule has 0 radical (unpaired) electrons. The Labute approximate surface area is 326 Å². The van der Waals surface area contributed by atoms with Crippen LogP contribution in [0.15, 0.2) is 115 Å². The first-order chi connectivity index (χ1) is 26.5. The van der Waals surface area contributed by atoms with Gasteiger partial charge >= 0.3 is 5.97 Å². The monoisotopic (exact) mass is 741 g/mol. The van der Waals surface area contributed by atoms with Crippen LogP contribution in [0, 0.1) is 6.57 Å². The minimum Gasteiger partial charge on any atom is -0.481 e. The van der Waals surface area contributed by atoms with Crippen molar-refractivity contribution in [3.63, 3.8) is 0 Å². The van der Waals surface area contributed by atoms with E-state index in [9.17, 15) is 9.59 Å². The molecule has 0 bridgehead atoms. The second-order valence-corrected chi connectivity index (χ2v) is 16.7. The average Bonchev–Trinajstić information content (AvgIpc) is 3.77. The fraction of sp³-hybridized carbons (Fsp3) is 0.229. The Hall–Kier alpha value is -5.97. The van der Waals surface area contributed by atoms with E-state index in [1.54, 1.807) is 17.4 Å². The van der Waals surface area contributed by atoms with Crippen molar-refractivity contribution in [3.05, 3.63) is 153 Å². The van der Waals surface area contributed by atoms with E-state index < -0.39 is 11.9 Å². The predicted molar refractivity (Wildman–Crippen MR) is 225 cm³/mol. The fourth-order valence-corrected chi connectivity index (χ4v) is 9.51. The number of nitrogens with one attached hydrogen (secondary N) is 1. The summed E-state index contributed by atoms with van der Waals surface area (Å²) in [4.78, 5) is 30.4. The van der Waals surface area contributed by atoms with Crippen LogP contribution in [0.1, 0.15) is 80.5 Å². The maximum Gasteiger partial charge on any atom is 0.303 e. The van der Waals surface area contributed by atoms with Gasteiger partial charge in [-0.25, -0.2) is 4.85 Å². The molecule has 55 heavy (non-hydrogen) atoms. The molecular formula is C48H43N3O3S. The van der Waals surface area contributed by atoms with Crippen LogP contribution >= 0.6 is 11.3 Å². The molecule has 1 aromatic heterocycles. The number of carbonyl (C=O) groups is 2. The van der Waals surface area contributed by atoms with Gasteiger partial charge in [-0.05, 0) is 117 Å². The maximum absolute atomic E-state index is 12.9. The standard InChI is InChI=1S/C48H43N3O3S/c1-47(2)39-15-10-8-13-35(39)37-21-18-32(27-41(37)47)51(33-19-22-38-36-14-9-11-16-40(36)48(3,4)42(38)28-33)31-20-23-44-30(25-31)26-34(55-44)29-43(49-5)46(54)50-24-12-6-7-17-45(52)53/h8-11,13-16,18-23,25-29H,6-7,12,17,24H2,1-4H3,(H,50,54)(H,52,53)/b43-29-. The van der Waals surface area contributed by atoms with Gasteiger partial charge in [-0.2, -0.15) is 0 Å². The number of carboxylic acids is 1. The van der Waals surface area contributed by atoms with E-state index in [1.165, 1.54) is 44.5 Å². The Bertz CT molecular complexity index is 2480. The lowest BCUT2D eigenvalue weighted by Gasteiger charge is -2.29. The summed E-state index contributed by atoms with van der Waals surface area (Å²) in [5.41, 5.74) is 13.3. The number of thiophene rings is 1. The highest BCUT2D eigenvalue weighted by Gasteiger charge is 2.37. The van der Waals surface area contributed by atoms with E-state index in [4.69, 9.17) is 11.7 Å². The summed E-state index contributed by atoms with van der Waals surface area (Å²) in [6.07, 6.45) is 3.71. The van der Waals surface area contributed by atoms with Gasteiger partial charge in [0.25, 0.3) is 5.70 Å². The lowest BCUT2D eigenvalue weighted by atomic mass is 9.82. The minimum atomic E-state index is -0.817.